The number of amides is 1. The number of carbonyl (C=O) groups is 1. The van der Waals surface area contributed by atoms with Crippen LogP contribution in [0.1, 0.15) is 35.5 Å². The Morgan fingerprint density at radius 1 is 1.00 bits per heavy atom. The summed E-state index contributed by atoms with van der Waals surface area (Å²) >= 11 is 0. The quantitative estimate of drug-likeness (QED) is 0.559. The molecule has 6 nitrogen and oxygen atoms in total. The zero-order valence-electron chi connectivity index (χ0n) is 17.6. The molecule has 0 aliphatic heterocycles. The monoisotopic (exact) mass is 426 g/mol. The van der Waals surface area contributed by atoms with Crippen LogP contribution in [0.2, 0.25) is 0 Å². The maximum absolute atomic E-state index is 13.3. The summed E-state index contributed by atoms with van der Waals surface area (Å²) in [6.45, 7) is 5.87. The summed E-state index contributed by atoms with van der Waals surface area (Å²) in [5.74, 6) is 0.415. The van der Waals surface area contributed by atoms with Gasteiger partial charge in [0.25, 0.3) is 5.91 Å². The molecule has 0 spiro atoms. The second kappa shape index (κ2) is 8.85. The van der Waals surface area contributed by atoms with Crippen molar-refractivity contribution in [3.8, 4) is 0 Å². The summed E-state index contributed by atoms with van der Waals surface area (Å²) in [6, 6.07) is 17.1. The van der Waals surface area contributed by atoms with Crippen molar-refractivity contribution < 1.29 is 17.6 Å². The minimum Gasteiger partial charge on any atom is -0.467 e. The molecule has 7 heteroatoms. The molecule has 1 aromatic heterocycles. The Morgan fingerprint density at radius 3 is 2.17 bits per heavy atom. The molecule has 1 heterocycles. The normalized spacial score (nSPS) is 11.8. The van der Waals surface area contributed by atoms with Gasteiger partial charge >= 0.3 is 0 Å². The van der Waals surface area contributed by atoms with E-state index in [1.807, 2.05) is 51.1 Å². The average molecular weight is 427 g/mol. The van der Waals surface area contributed by atoms with Crippen LogP contribution in [0.3, 0.4) is 0 Å². The lowest BCUT2D eigenvalue weighted by Crippen LogP contribution is -2.33. The Kier molecular flexibility index (Phi) is 6.43. The van der Waals surface area contributed by atoms with Crippen LogP contribution in [-0.4, -0.2) is 31.7 Å². The molecule has 0 aliphatic carbocycles. The van der Waals surface area contributed by atoms with Gasteiger partial charge in [0.2, 0.25) is 10.0 Å². The van der Waals surface area contributed by atoms with Crippen LogP contribution in [0.5, 0.6) is 0 Å². The number of hydrogen-bond acceptors (Lipinski definition) is 4. The second-order valence-electron chi connectivity index (χ2n) is 7.45. The lowest BCUT2D eigenvalue weighted by atomic mass is 10.1. The van der Waals surface area contributed by atoms with Gasteiger partial charge in [-0.15, -0.1) is 0 Å². The minimum absolute atomic E-state index is 0.156. The standard InChI is InChI=1S/C23H26N2O4S/c1-17(2)24(4)30(27,28)22-13-9-19(10-14-22)23(26)25(16-21-6-5-15-29-21)20-11-7-18(3)8-12-20/h5-15,17H,16H2,1-4H3. The second-order valence-corrected chi connectivity index (χ2v) is 9.44. The number of anilines is 1. The highest BCUT2D eigenvalue weighted by Crippen LogP contribution is 2.23. The number of nitrogens with zero attached hydrogens (tertiary/aromatic N) is 2. The topological polar surface area (TPSA) is 70.8 Å². The van der Waals surface area contributed by atoms with Crippen molar-refractivity contribution in [2.24, 2.45) is 0 Å². The fourth-order valence-corrected chi connectivity index (χ4v) is 4.30. The largest absolute Gasteiger partial charge is 0.467 e. The summed E-state index contributed by atoms with van der Waals surface area (Å²) in [7, 11) is -2.06. The van der Waals surface area contributed by atoms with Crippen molar-refractivity contribution in [2.75, 3.05) is 11.9 Å². The van der Waals surface area contributed by atoms with E-state index in [0.29, 0.717) is 11.3 Å². The zero-order chi connectivity index (χ0) is 21.9. The van der Waals surface area contributed by atoms with Crippen molar-refractivity contribution in [3.05, 3.63) is 83.8 Å². The first-order chi connectivity index (χ1) is 14.2. The van der Waals surface area contributed by atoms with E-state index in [2.05, 4.69) is 0 Å². The van der Waals surface area contributed by atoms with E-state index >= 15 is 0 Å². The van der Waals surface area contributed by atoms with Crippen LogP contribution in [0, 0.1) is 6.92 Å². The lowest BCUT2D eigenvalue weighted by Gasteiger charge is -2.23. The van der Waals surface area contributed by atoms with Gasteiger partial charge in [-0.1, -0.05) is 17.7 Å². The number of benzene rings is 2. The predicted octanol–water partition coefficient (Wildman–Crippen LogP) is 4.46. The molecule has 3 aromatic rings. The van der Waals surface area contributed by atoms with Crippen LogP contribution in [0.4, 0.5) is 5.69 Å². The Balaban J connectivity index is 1.92. The molecular weight excluding hydrogens is 400 g/mol. The molecule has 0 saturated heterocycles. The first-order valence-corrected chi connectivity index (χ1v) is 11.1. The smallest absolute Gasteiger partial charge is 0.258 e. The highest BCUT2D eigenvalue weighted by atomic mass is 32.2. The van der Waals surface area contributed by atoms with Crippen LogP contribution < -0.4 is 4.90 Å². The van der Waals surface area contributed by atoms with Gasteiger partial charge in [-0.3, -0.25) is 4.79 Å². The molecule has 0 aliphatic rings. The Bertz CT molecular complexity index is 1090. The molecule has 0 N–H and O–H groups in total. The van der Waals surface area contributed by atoms with Crippen LogP contribution in [0.25, 0.3) is 0 Å². The molecule has 1 amide bonds. The molecule has 0 saturated carbocycles. The Labute approximate surface area is 177 Å². The predicted molar refractivity (Wildman–Crippen MR) is 117 cm³/mol. The van der Waals surface area contributed by atoms with E-state index in [9.17, 15) is 13.2 Å². The zero-order valence-corrected chi connectivity index (χ0v) is 18.4. The molecule has 3 rings (SSSR count). The third kappa shape index (κ3) is 4.63. The van der Waals surface area contributed by atoms with Gasteiger partial charge in [-0.2, -0.15) is 4.31 Å². The molecule has 0 atom stereocenters. The van der Waals surface area contributed by atoms with E-state index < -0.39 is 10.0 Å². The molecule has 158 valence electrons. The maximum Gasteiger partial charge on any atom is 0.258 e. The fourth-order valence-electron chi connectivity index (χ4n) is 2.93. The fraction of sp³-hybridized carbons (Fsp3) is 0.261. The third-order valence-corrected chi connectivity index (χ3v) is 7.04. The number of furan rings is 1. The summed E-state index contributed by atoms with van der Waals surface area (Å²) < 4.78 is 32.1. The van der Waals surface area contributed by atoms with Crippen molar-refractivity contribution in [2.45, 2.75) is 38.3 Å². The highest BCUT2D eigenvalue weighted by molar-refractivity contribution is 7.89. The van der Waals surface area contributed by atoms with Gasteiger partial charge in [-0.25, -0.2) is 8.42 Å². The molecular formula is C23H26N2O4S. The Morgan fingerprint density at radius 2 is 1.63 bits per heavy atom. The van der Waals surface area contributed by atoms with E-state index in [0.717, 1.165) is 11.3 Å². The van der Waals surface area contributed by atoms with Gasteiger partial charge in [-0.05, 0) is 69.3 Å². The summed E-state index contributed by atoms with van der Waals surface area (Å²) in [6.07, 6.45) is 1.57. The van der Waals surface area contributed by atoms with Crippen molar-refractivity contribution >= 4 is 21.6 Å². The van der Waals surface area contributed by atoms with Gasteiger partial charge in [0.15, 0.2) is 0 Å². The molecule has 30 heavy (non-hydrogen) atoms. The van der Waals surface area contributed by atoms with Crippen LogP contribution in [-0.2, 0) is 16.6 Å². The van der Waals surface area contributed by atoms with Gasteiger partial charge < -0.3 is 9.32 Å². The van der Waals surface area contributed by atoms with E-state index in [4.69, 9.17) is 4.42 Å². The first-order valence-electron chi connectivity index (χ1n) is 9.69. The van der Waals surface area contributed by atoms with Crippen molar-refractivity contribution in [3.63, 3.8) is 0 Å². The number of hydrogen-bond donors (Lipinski definition) is 0. The SMILES string of the molecule is Cc1ccc(N(Cc2ccco2)C(=O)c2ccc(S(=O)(=O)N(C)C(C)C)cc2)cc1. The average Bonchev–Trinajstić information content (AvgIpc) is 3.25. The number of sulfonamides is 1. The van der Waals surface area contributed by atoms with E-state index in [1.165, 1.54) is 16.4 Å². The van der Waals surface area contributed by atoms with Gasteiger partial charge in [0.05, 0.1) is 17.7 Å². The number of rotatable bonds is 7. The van der Waals surface area contributed by atoms with Crippen molar-refractivity contribution in [1.29, 1.82) is 0 Å². The minimum atomic E-state index is -3.61. The highest BCUT2D eigenvalue weighted by Gasteiger charge is 2.24. The van der Waals surface area contributed by atoms with Crippen LogP contribution >= 0.6 is 0 Å². The first kappa shape index (κ1) is 21.8. The lowest BCUT2D eigenvalue weighted by molar-refractivity contribution is 0.0983. The number of carbonyl (C=O) groups excluding carboxylic acids is 1. The summed E-state index contributed by atoms with van der Waals surface area (Å²) in [5.41, 5.74) is 2.22. The third-order valence-electron chi connectivity index (χ3n) is 4.99. The van der Waals surface area contributed by atoms with Gasteiger partial charge in [0.1, 0.15) is 5.76 Å². The Hall–Kier alpha value is -2.90. The number of aryl methyl sites for hydroxylation is 1. The molecule has 0 radical (unpaired) electrons. The maximum atomic E-state index is 13.3. The molecule has 2 aromatic carbocycles. The molecule has 0 fully saturated rings. The summed E-state index contributed by atoms with van der Waals surface area (Å²) in [5, 5.41) is 0. The molecule has 0 bridgehead atoms. The van der Waals surface area contributed by atoms with Crippen LogP contribution in [0.15, 0.2) is 76.2 Å². The van der Waals surface area contributed by atoms with Crippen molar-refractivity contribution in [1.82, 2.24) is 4.31 Å². The van der Waals surface area contributed by atoms with E-state index in [-0.39, 0.29) is 23.4 Å². The van der Waals surface area contributed by atoms with E-state index in [1.54, 1.807) is 36.4 Å². The van der Waals surface area contributed by atoms with Gasteiger partial charge in [0, 0.05) is 24.3 Å². The molecule has 0 unspecified atom stereocenters. The summed E-state index contributed by atoms with van der Waals surface area (Å²) in [4.78, 5) is 15.1.